The van der Waals surface area contributed by atoms with Crippen molar-refractivity contribution in [2.75, 3.05) is 18.4 Å². The molecule has 0 spiro atoms. The molecule has 2 heterocycles. The second-order valence-electron chi connectivity index (χ2n) is 6.92. The van der Waals surface area contributed by atoms with E-state index in [-0.39, 0.29) is 17.9 Å². The Morgan fingerprint density at radius 2 is 1.96 bits per heavy atom. The molecule has 6 heteroatoms. The molecule has 2 amide bonds. The van der Waals surface area contributed by atoms with Gasteiger partial charge in [-0.15, -0.1) is 0 Å². The minimum Gasteiger partial charge on any atom is -0.444 e. The van der Waals surface area contributed by atoms with Gasteiger partial charge in [0, 0.05) is 36.6 Å². The van der Waals surface area contributed by atoms with E-state index in [1.54, 1.807) is 17.2 Å². The van der Waals surface area contributed by atoms with Crippen molar-refractivity contribution in [2.45, 2.75) is 46.1 Å². The van der Waals surface area contributed by atoms with E-state index in [9.17, 15) is 9.59 Å². The van der Waals surface area contributed by atoms with Crippen molar-refractivity contribution in [3.63, 3.8) is 0 Å². The number of hydrogen-bond donors (Lipinski definition) is 1. The molecule has 1 saturated heterocycles. The molecule has 1 fully saturated rings. The van der Waals surface area contributed by atoms with Gasteiger partial charge in [-0.2, -0.15) is 0 Å². The Morgan fingerprint density at radius 3 is 2.52 bits per heavy atom. The van der Waals surface area contributed by atoms with E-state index in [4.69, 9.17) is 4.74 Å². The zero-order valence-electron chi connectivity index (χ0n) is 14.3. The first-order valence-corrected chi connectivity index (χ1v) is 7.96. The fourth-order valence-corrected chi connectivity index (χ4v) is 2.52. The fourth-order valence-electron chi connectivity index (χ4n) is 2.52. The predicted molar refractivity (Wildman–Crippen MR) is 88.1 cm³/mol. The van der Waals surface area contributed by atoms with E-state index in [1.807, 2.05) is 33.8 Å². The molecule has 1 aliphatic heterocycles. The number of carbonyl (C=O) groups is 2. The van der Waals surface area contributed by atoms with E-state index in [0.717, 1.165) is 11.4 Å². The highest BCUT2D eigenvalue weighted by molar-refractivity contribution is 5.92. The maximum Gasteiger partial charge on any atom is 0.410 e. The molecule has 6 nitrogen and oxygen atoms in total. The average molecular weight is 319 g/mol. The Labute approximate surface area is 137 Å². The molecular formula is C17H25N3O3. The van der Waals surface area contributed by atoms with Crippen molar-refractivity contribution in [2.24, 2.45) is 5.92 Å². The van der Waals surface area contributed by atoms with Crippen molar-refractivity contribution >= 4 is 17.7 Å². The van der Waals surface area contributed by atoms with Crippen LogP contribution in [0, 0.1) is 12.8 Å². The lowest BCUT2D eigenvalue weighted by molar-refractivity contribution is -0.121. The Kier molecular flexibility index (Phi) is 5.23. The van der Waals surface area contributed by atoms with E-state index in [0.29, 0.717) is 25.9 Å². The van der Waals surface area contributed by atoms with Crippen LogP contribution in [-0.2, 0) is 9.53 Å². The molecule has 126 valence electrons. The number of nitrogens with one attached hydrogen (secondary N) is 1. The molecule has 0 aromatic carbocycles. The van der Waals surface area contributed by atoms with Gasteiger partial charge >= 0.3 is 6.09 Å². The number of carbonyl (C=O) groups excluding carboxylic acids is 2. The van der Waals surface area contributed by atoms with Gasteiger partial charge in [0.1, 0.15) is 5.60 Å². The maximum atomic E-state index is 12.3. The van der Waals surface area contributed by atoms with Gasteiger partial charge in [-0.25, -0.2) is 4.79 Å². The van der Waals surface area contributed by atoms with Crippen molar-refractivity contribution < 1.29 is 14.3 Å². The van der Waals surface area contributed by atoms with Gasteiger partial charge < -0.3 is 15.0 Å². The van der Waals surface area contributed by atoms with Gasteiger partial charge in [0.05, 0.1) is 0 Å². The largest absolute Gasteiger partial charge is 0.444 e. The molecule has 1 aromatic rings. The monoisotopic (exact) mass is 319 g/mol. The molecule has 0 aliphatic carbocycles. The first-order chi connectivity index (χ1) is 10.7. The van der Waals surface area contributed by atoms with E-state index < -0.39 is 5.60 Å². The Balaban J connectivity index is 1.84. The summed E-state index contributed by atoms with van der Waals surface area (Å²) in [4.78, 5) is 30.1. The van der Waals surface area contributed by atoms with Crippen molar-refractivity contribution in [1.82, 2.24) is 9.88 Å². The quantitative estimate of drug-likeness (QED) is 0.909. The van der Waals surface area contributed by atoms with Crippen molar-refractivity contribution in [3.8, 4) is 0 Å². The topological polar surface area (TPSA) is 71.5 Å². The number of anilines is 1. The summed E-state index contributed by atoms with van der Waals surface area (Å²) < 4.78 is 5.36. The average Bonchev–Trinajstić information content (AvgIpc) is 2.45. The van der Waals surface area contributed by atoms with E-state index in [1.165, 1.54) is 0 Å². The third-order valence-corrected chi connectivity index (χ3v) is 3.68. The highest BCUT2D eigenvalue weighted by atomic mass is 16.6. The van der Waals surface area contributed by atoms with Gasteiger partial charge in [0.15, 0.2) is 0 Å². The van der Waals surface area contributed by atoms with Gasteiger partial charge in [0.25, 0.3) is 0 Å². The van der Waals surface area contributed by atoms with Gasteiger partial charge in [0.2, 0.25) is 5.91 Å². The number of aryl methyl sites for hydroxylation is 1. The van der Waals surface area contributed by atoms with Crippen molar-refractivity contribution in [3.05, 3.63) is 24.0 Å². The summed E-state index contributed by atoms with van der Waals surface area (Å²) in [5.74, 6) is -0.0819. The summed E-state index contributed by atoms with van der Waals surface area (Å²) in [6.07, 6.45) is 2.67. The normalized spacial score (nSPS) is 16.1. The molecule has 0 radical (unpaired) electrons. The van der Waals surface area contributed by atoms with Crippen LogP contribution < -0.4 is 5.32 Å². The van der Waals surface area contributed by atoms with Crippen molar-refractivity contribution in [1.29, 1.82) is 0 Å². The predicted octanol–water partition coefficient (Wildman–Crippen LogP) is 2.98. The number of nitrogens with zero attached hydrogens (tertiary/aromatic N) is 2. The zero-order valence-corrected chi connectivity index (χ0v) is 14.3. The van der Waals surface area contributed by atoms with Crippen LogP contribution in [0.15, 0.2) is 18.3 Å². The second kappa shape index (κ2) is 6.98. The van der Waals surface area contributed by atoms with E-state index >= 15 is 0 Å². The summed E-state index contributed by atoms with van der Waals surface area (Å²) in [7, 11) is 0. The molecule has 0 unspecified atom stereocenters. The SMILES string of the molecule is Cc1cc(NC(=O)C2CCN(C(=O)OC(C)(C)C)CC2)ccn1. The number of rotatable bonds is 2. The molecule has 2 rings (SSSR count). The third-order valence-electron chi connectivity index (χ3n) is 3.68. The molecular weight excluding hydrogens is 294 g/mol. The zero-order chi connectivity index (χ0) is 17.0. The summed E-state index contributed by atoms with van der Waals surface area (Å²) in [5, 5.41) is 2.92. The molecule has 1 aromatic heterocycles. The fraction of sp³-hybridized carbons (Fsp3) is 0.588. The molecule has 0 saturated carbocycles. The second-order valence-corrected chi connectivity index (χ2v) is 6.92. The minimum atomic E-state index is -0.496. The number of piperidine rings is 1. The number of ether oxygens (including phenoxy) is 1. The lowest BCUT2D eigenvalue weighted by Crippen LogP contribution is -2.43. The summed E-state index contributed by atoms with van der Waals surface area (Å²) in [5.41, 5.74) is 1.13. The van der Waals surface area contributed by atoms with Gasteiger partial charge in [-0.05, 0) is 52.7 Å². The highest BCUT2D eigenvalue weighted by Crippen LogP contribution is 2.21. The van der Waals surface area contributed by atoms with Crippen LogP contribution in [0.1, 0.15) is 39.3 Å². The highest BCUT2D eigenvalue weighted by Gasteiger charge is 2.29. The molecule has 0 bridgehead atoms. The van der Waals surface area contributed by atoms with Gasteiger partial charge in [-0.1, -0.05) is 0 Å². The van der Waals surface area contributed by atoms with Crippen LogP contribution in [-0.4, -0.2) is 40.6 Å². The van der Waals surface area contributed by atoms with Crippen LogP contribution in [0.3, 0.4) is 0 Å². The standard InChI is InChI=1S/C17H25N3O3/c1-12-11-14(5-8-18-12)19-15(21)13-6-9-20(10-7-13)16(22)23-17(2,3)4/h5,8,11,13H,6-7,9-10H2,1-4H3,(H,18,19,21). The van der Waals surface area contributed by atoms with Crippen LogP contribution in [0.2, 0.25) is 0 Å². The molecule has 23 heavy (non-hydrogen) atoms. The molecule has 1 aliphatic rings. The summed E-state index contributed by atoms with van der Waals surface area (Å²) in [6.45, 7) is 8.52. The Morgan fingerprint density at radius 1 is 1.30 bits per heavy atom. The summed E-state index contributed by atoms with van der Waals surface area (Å²) >= 11 is 0. The minimum absolute atomic E-state index is 0.000520. The van der Waals surface area contributed by atoms with Crippen LogP contribution in [0.5, 0.6) is 0 Å². The lowest BCUT2D eigenvalue weighted by Gasteiger charge is -2.32. The van der Waals surface area contributed by atoms with Crippen LogP contribution in [0.4, 0.5) is 10.5 Å². The smallest absolute Gasteiger partial charge is 0.410 e. The third kappa shape index (κ3) is 5.23. The first-order valence-electron chi connectivity index (χ1n) is 7.96. The van der Waals surface area contributed by atoms with Crippen LogP contribution >= 0.6 is 0 Å². The van der Waals surface area contributed by atoms with Crippen LogP contribution in [0.25, 0.3) is 0 Å². The molecule has 0 atom stereocenters. The number of aromatic nitrogens is 1. The Hall–Kier alpha value is -2.11. The first kappa shape index (κ1) is 17.2. The van der Waals surface area contributed by atoms with Gasteiger partial charge in [-0.3, -0.25) is 9.78 Å². The Bertz CT molecular complexity index is 573. The number of likely N-dealkylation sites (tertiary alicyclic amines) is 1. The van der Waals surface area contributed by atoms with E-state index in [2.05, 4.69) is 10.3 Å². The lowest BCUT2D eigenvalue weighted by atomic mass is 9.96. The number of hydrogen-bond acceptors (Lipinski definition) is 4. The summed E-state index contributed by atoms with van der Waals surface area (Å²) in [6, 6.07) is 3.62. The number of amides is 2. The number of pyridine rings is 1. The maximum absolute atomic E-state index is 12.3. The molecule has 1 N–H and O–H groups in total.